The summed E-state index contributed by atoms with van der Waals surface area (Å²) in [5, 5.41) is 2.83. The van der Waals surface area contributed by atoms with Gasteiger partial charge in [0.2, 0.25) is 0 Å². The van der Waals surface area contributed by atoms with Crippen molar-refractivity contribution < 1.29 is 19.1 Å². The van der Waals surface area contributed by atoms with Crippen molar-refractivity contribution in [1.82, 2.24) is 10.0 Å². The normalized spacial score (nSPS) is 38.4. The molecule has 4 aliphatic rings. The van der Waals surface area contributed by atoms with E-state index in [9.17, 15) is 9.59 Å². The Morgan fingerprint density at radius 2 is 1.27 bits per heavy atom. The van der Waals surface area contributed by atoms with Crippen molar-refractivity contribution in [2.45, 2.75) is 35.6 Å². The number of alkyl halides is 2. The molecule has 4 rings (SSSR count). The molecule has 2 heterocycles. The molecule has 2 fully saturated rings. The van der Waals surface area contributed by atoms with E-state index in [1.54, 1.807) is 13.8 Å². The lowest BCUT2D eigenvalue weighted by Crippen LogP contribution is -2.76. The minimum Gasteiger partial charge on any atom is -0.448 e. The topological polar surface area (TPSA) is 59.1 Å². The smallest absolute Gasteiger partial charge is 0.429 e. The van der Waals surface area contributed by atoms with Gasteiger partial charge in [0, 0.05) is 21.5 Å². The lowest BCUT2D eigenvalue weighted by atomic mass is 9.61. The number of hydrogen-bond acceptors (Lipinski definition) is 4. The summed E-state index contributed by atoms with van der Waals surface area (Å²) >= 11 is 7.36. The predicted octanol–water partition coefficient (Wildman–Crippen LogP) is 2.91. The van der Waals surface area contributed by atoms with E-state index < -0.39 is 12.2 Å². The molecule has 2 bridgehead atoms. The van der Waals surface area contributed by atoms with Gasteiger partial charge < -0.3 is 9.47 Å². The summed E-state index contributed by atoms with van der Waals surface area (Å²) in [5.74, 6) is 0.518. The van der Waals surface area contributed by atoms with Crippen LogP contribution >= 0.6 is 31.9 Å². The molecular weight excluding hydrogens is 420 g/mol. The summed E-state index contributed by atoms with van der Waals surface area (Å²) in [7, 11) is 0. The van der Waals surface area contributed by atoms with Gasteiger partial charge in [0.25, 0.3) is 0 Å². The Morgan fingerprint density at radius 3 is 1.59 bits per heavy atom. The Hall–Kier alpha value is -0.760. The minimum atomic E-state index is -0.508. The number of fused-ring (bicyclic) bond motifs is 1. The number of amides is 2. The molecule has 0 aromatic heterocycles. The molecule has 1 saturated heterocycles. The number of nitrogens with zero attached hydrogens (tertiary/aromatic N) is 2. The van der Waals surface area contributed by atoms with E-state index in [-0.39, 0.29) is 46.8 Å². The standard InChI is InChI=1S/C14H18Br2N2O4/c1-3-21-13(19)17-7-5-6-8(18(17)14(20)22-4-2)10-9(7)11(15)12(10)16/h5-12H,3-4H2,1-2H3/t7-,8-,9-,10+,11-,12+/m0/s1. The average molecular weight is 438 g/mol. The van der Waals surface area contributed by atoms with E-state index in [0.717, 1.165) is 0 Å². The third kappa shape index (κ3) is 2.18. The van der Waals surface area contributed by atoms with Crippen LogP contribution in [0.2, 0.25) is 0 Å². The number of ether oxygens (including phenoxy) is 2. The predicted molar refractivity (Wildman–Crippen MR) is 86.8 cm³/mol. The second-order valence-corrected chi connectivity index (χ2v) is 7.61. The molecule has 0 aromatic rings. The molecule has 122 valence electrons. The molecule has 2 amide bonds. The highest BCUT2D eigenvalue weighted by Gasteiger charge is 2.64. The van der Waals surface area contributed by atoms with E-state index in [1.807, 2.05) is 12.2 Å². The van der Waals surface area contributed by atoms with Crippen LogP contribution in [0.3, 0.4) is 0 Å². The first-order valence-electron chi connectivity index (χ1n) is 7.41. The fourth-order valence-corrected chi connectivity index (χ4v) is 5.63. The molecule has 0 unspecified atom stereocenters. The minimum absolute atomic E-state index is 0.198. The Kier molecular flexibility index (Phi) is 4.42. The fourth-order valence-electron chi connectivity index (χ4n) is 3.60. The summed E-state index contributed by atoms with van der Waals surface area (Å²) in [6, 6.07) is -0.395. The second kappa shape index (κ2) is 6.03. The summed E-state index contributed by atoms with van der Waals surface area (Å²) in [6.45, 7) is 4.03. The Morgan fingerprint density at radius 1 is 0.909 bits per heavy atom. The van der Waals surface area contributed by atoms with E-state index in [2.05, 4.69) is 31.9 Å². The zero-order valence-corrected chi connectivity index (χ0v) is 15.5. The summed E-state index contributed by atoms with van der Waals surface area (Å²) in [4.78, 5) is 25.3. The molecule has 6 nitrogen and oxygen atoms in total. The number of carbonyl (C=O) groups excluding carboxylic acids is 2. The molecule has 6 atom stereocenters. The third-order valence-corrected chi connectivity index (χ3v) is 7.55. The van der Waals surface area contributed by atoms with Crippen LogP contribution in [0.5, 0.6) is 0 Å². The van der Waals surface area contributed by atoms with E-state index in [1.165, 1.54) is 10.0 Å². The van der Waals surface area contributed by atoms with Crippen molar-refractivity contribution in [1.29, 1.82) is 0 Å². The molecule has 0 radical (unpaired) electrons. The number of rotatable bonds is 2. The van der Waals surface area contributed by atoms with E-state index in [0.29, 0.717) is 0 Å². The van der Waals surface area contributed by atoms with Gasteiger partial charge in [-0.05, 0) is 13.8 Å². The molecule has 2 aliphatic heterocycles. The van der Waals surface area contributed by atoms with Crippen LogP contribution in [0.1, 0.15) is 13.8 Å². The fraction of sp³-hybridized carbons (Fsp3) is 0.714. The van der Waals surface area contributed by atoms with Gasteiger partial charge in [-0.2, -0.15) is 0 Å². The molecule has 1 saturated carbocycles. The van der Waals surface area contributed by atoms with Crippen LogP contribution in [0, 0.1) is 11.8 Å². The van der Waals surface area contributed by atoms with Crippen LogP contribution in [-0.4, -0.2) is 57.2 Å². The zero-order valence-electron chi connectivity index (χ0n) is 12.3. The van der Waals surface area contributed by atoms with Gasteiger partial charge in [-0.1, -0.05) is 44.0 Å². The van der Waals surface area contributed by atoms with E-state index in [4.69, 9.17) is 9.47 Å². The lowest BCUT2D eigenvalue weighted by Gasteiger charge is -2.63. The van der Waals surface area contributed by atoms with Gasteiger partial charge >= 0.3 is 12.2 Å². The average Bonchev–Trinajstić information content (AvgIpc) is 2.53. The monoisotopic (exact) mass is 436 g/mol. The number of carbonyl (C=O) groups is 2. The quantitative estimate of drug-likeness (QED) is 0.492. The molecule has 2 aliphatic carbocycles. The van der Waals surface area contributed by atoms with Gasteiger partial charge in [0.15, 0.2) is 0 Å². The van der Waals surface area contributed by atoms with Crippen molar-refractivity contribution in [2.24, 2.45) is 11.8 Å². The largest absolute Gasteiger partial charge is 0.448 e. The van der Waals surface area contributed by atoms with Gasteiger partial charge in [-0.25, -0.2) is 19.6 Å². The summed E-state index contributed by atoms with van der Waals surface area (Å²) in [5.41, 5.74) is 0. The first-order chi connectivity index (χ1) is 10.5. The maximum absolute atomic E-state index is 12.4. The molecule has 0 spiro atoms. The Bertz CT molecular complexity index is 471. The van der Waals surface area contributed by atoms with Crippen LogP contribution in [0.15, 0.2) is 12.2 Å². The number of hydrazine groups is 1. The Balaban J connectivity index is 1.94. The molecule has 22 heavy (non-hydrogen) atoms. The third-order valence-electron chi connectivity index (χ3n) is 4.48. The molecule has 8 heteroatoms. The molecule has 0 aromatic carbocycles. The molecule has 0 N–H and O–H groups in total. The number of hydrogen-bond donors (Lipinski definition) is 0. The highest BCUT2D eigenvalue weighted by molar-refractivity contribution is 9.12. The van der Waals surface area contributed by atoms with Crippen LogP contribution in [0.4, 0.5) is 9.59 Å². The zero-order chi connectivity index (χ0) is 16.0. The van der Waals surface area contributed by atoms with Crippen LogP contribution in [0.25, 0.3) is 0 Å². The van der Waals surface area contributed by atoms with Crippen molar-refractivity contribution in [3.8, 4) is 0 Å². The summed E-state index contributed by atoms with van der Waals surface area (Å²) < 4.78 is 10.3. The highest BCUT2D eigenvalue weighted by atomic mass is 79.9. The van der Waals surface area contributed by atoms with Crippen molar-refractivity contribution in [3.63, 3.8) is 0 Å². The maximum atomic E-state index is 12.4. The molecular formula is C14H18Br2N2O4. The van der Waals surface area contributed by atoms with Gasteiger partial charge in [-0.3, -0.25) is 0 Å². The van der Waals surface area contributed by atoms with Crippen molar-refractivity contribution >= 4 is 44.0 Å². The summed E-state index contributed by atoms with van der Waals surface area (Å²) in [6.07, 6.45) is 2.97. The maximum Gasteiger partial charge on any atom is 0.429 e. The SMILES string of the molecule is CCOC(=O)N1[C@H]2C=C[C@@H]([C@H]3[C@@H](Br)[C@@H](Br)[C@H]32)N1C(=O)OCC. The van der Waals surface area contributed by atoms with E-state index >= 15 is 0 Å². The first kappa shape index (κ1) is 16.1. The lowest BCUT2D eigenvalue weighted by molar-refractivity contribution is -0.141. The first-order valence-corrected chi connectivity index (χ1v) is 9.24. The Labute approximate surface area is 146 Å². The van der Waals surface area contributed by atoms with Gasteiger partial charge in [0.1, 0.15) is 0 Å². The van der Waals surface area contributed by atoms with Gasteiger partial charge in [-0.15, -0.1) is 0 Å². The van der Waals surface area contributed by atoms with Crippen molar-refractivity contribution in [2.75, 3.05) is 13.2 Å². The van der Waals surface area contributed by atoms with Gasteiger partial charge in [0.05, 0.1) is 25.3 Å². The number of halogens is 2. The van der Waals surface area contributed by atoms with Crippen LogP contribution < -0.4 is 0 Å². The van der Waals surface area contributed by atoms with Crippen LogP contribution in [-0.2, 0) is 9.47 Å². The second-order valence-electron chi connectivity index (χ2n) is 5.50. The van der Waals surface area contributed by atoms with Crippen molar-refractivity contribution in [3.05, 3.63) is 12.2 Å². The highest BCUT2D eigenvalue weighted by Crippen LogP contribution is 2.56.